The third kappa shape index (κ3) is 3.26. The molecule has 28 heavy (non-hydrogen) atoms. The number of benzene rings is 1. The van der Waals surface area contributed by atoms with Crippen molar-refractivity contribution >= 4 is 23.1 Å². The zero-order valence-electron chi connectivity index (χ0n) is 16.0. The van der Waals surface area contributed by atoms with Gasteiger partial charge in [-0.05, 0) is 18.6 Å². The molecule has 0 aromatic heterocycles. The molecule has 0 bridgehead atoms. The number of amides is 2. The minimum atomic E-state index is -1.25. The van der Waals surface area contributed by atoms with E-state index in [9.17, 15) is 18.1 Å². The lowest BCUT2D eigenvalue weighted by atomic mass is 10.1. The van der Waals surface area contributed by atoms with Crippen molar-refractivity contribution in [3.63, 3.8) is 0 Å². The van der Waals surface area contributed by atoms with Crippen molar-refractivity contribution in [2.75, 3.05) is 45.0 Å². The molecule has 10 heteroatoms. The average molecular weight is 413 g/mol. The van der Waals surface area contributed by atoms with Gasteiger partial charge in [0.2, 0.25) is 0 Å². The normalized spacial score (nSPS) is 17.8. The van der Waals surface area contributed by atoms with Crippen molar-refractivity contribution in [3.8, 4) is 11.5 Å². The Morgan fingerprint density at radius 1 is 1.18 bits per heavy atom. The van der Waals surface area contributed by atoms with Crippen LogP contribution in [0.5, 0.6) is 11.5 Å². The Hall–Kier alpha value is -2.46. The Balaban J connectivity index is 2.09. The summed E-state index contributed by atoms with van der Waals surface area (Å²) in [4.78, 5) is 15.5. The highest BCUT2D eigenvalue weighted by atomic mass is 32.2. The first-order chi connectivity index (χ1) is 13.3. The van der Waals surface area contributed by atoms with Crippen molar-refractivity contribution in [2.24, 2.45) is 0 Å². The second-order valence-electron chi connectivity index (χ2n) is 6.16. The number of hydrogen-bond donors (Lipinski definition) is 0. The van der Waals surface area contributed by atoms with Gasteiger partial charge in [-0.2, -0.15) is 4.31 Å². The van der Waals surface area contributed by atoms with Crippen molar-refractivity contribution in [2.45, 2.75) is 6.92 Å². The lowest BCUT2D eigenvalue weighted by molar-refractivity contribution is 0.213. The summed E-state index contributed by atoms with van der Waals surface area (Å²) in [5.41, 5.74) is 0.849. The first-order valence-corrected chi connectivity index (χ1v) is 10.0. The molecule has 2 aliphatic heterocycles. The van der Waals surface area contributed by atoms with Gasteiger partial charge in [0.15, 0.2) is 23.1 Å². The van der Waals surface area contributed by atoms with E-state index in [4.69, 9.17) is 9.47 Å². The van der Waals surface area contributed by atoms with E-state index in [0.717, 1.165) is 11.0 Å². The number of hydrogen-bond acceptors (Lipinski definition) is 5. The topological polar surface area (TPSA) is 68.3 Å². The average Bonchev–Trinajstić information content (AvgIpc) is 2.68. The molecule has 1 aromatic rings. The van der Waals surface area contributed by atoms with Gasteiger partial charge in [0.05, 0.1) is 37.8 Å². The van der Waals surface area contributed by atoms with E-state index in [1.54, 1.807) is 23.5 Å². The summed E-state index contributed by atoms with van der Waals surface area (Å²) in [7, 11) is 2.50. The predicted molar refractivity (Wildman–Crippen MR) is 102 cm³/mol. The molecule has 2 heterocycles. The Kier molecular flexibility index (Phi) is 5.71. The van der Waals surface area contributed by atoms with E-state index in [1.807, 2.05) is 0 Å². The van der Waals surface area contributed by atoms with Crippen LogP contribution in [0.15, 0.2) is 29.6 Å². The van der Waals surface area contributed by atoms with E-state index in [-0.39, 0.29) is 31.1 Å². The minimum Gasteiger partial charge on any atom is -0.593 e. The van der Waals surface area contributed by atoms with Gasteiger partial charge in [0.1, 0.15) is 18.5 Å². The number of methoxy groups -OCH3 is 2. The van der Waals surface area contributed by atoms with Crippen LogP contribution in [0.25, 0.3) is 0 Å². The number of carbonyl (C=O) groups excluding carboxylic acids is 1. The molecule has 0 radical (unpaired) electrons. The second kappa shape index (κ2) is 7.88. The Bertz CT molecular complexity index is 831. The number of nitrogens with zero attached hydrogens (tertiary/aromatic N) is 3. The van der Waals surface area contributed by atoms with E-state index in [1.165, 1.54) is 25.4 Å². The number of halogens is 2. The van der Waals surface area contributed by atoms with Crippen LogP contribution in [-0.2, 0) is 11.4 Å². The lowest BCUT2D eigenvalue weighted by Crippen LogP contribution is -2.51. The predicted octanol–water partition coefficient (Wildman–Crippen LogP) is 2.62. The van der Waals surface area contributed by atoms with E-state index < -0.39 is 34.7 Å². The molecule has 152 valence electrons. The van der Waals surface area contributed by atoms with Crippen LogP contribution in [0.2, 0.25) is 0 Å². The Morgan fingerprint density at radius 2 is 1.79 bits per heavy atom. The SMILES string of the molecule is CCN1C(=O)N(c2c(F)c(OC)cc(OC)c2F)CC2=C1CN([S+](C)[O-])C=C2. The van der Waals surface area contributed by atoms with Gasteiger partial charge >= 0.3 is 6.03 Å². The molecular formula is C18H21F2N3O4S. The van der Waals surface area contributed by atoms with Gasteiger partial charge in [-0.3, -0.25) is 9.80 Å². The lowest BCUT2D eigenvalue weighted by Gasteiger charge is -2.40. The van der Waals surface area contributed by atoms with Gasteiger partial charge in [0, 0.05) is 18.8 Å². The van der Waals surface area contributed by atoms with Crippen molar-refractivity contribution in [1.82, 2.24) is 9.21 Å². The molecule has 3 rings (SSSR count). The van der Waals surface area contributed by atoms with Gasteiger partial charge in [-0.1, -0.05) is 0 Å². The second-order valence-corrected chi connectivity index (χ2v) is 7.47. The highest BCUT2D eigenvalue weighted by molar-refractivity contribution is 7.88. The first kappa shape index (κ1) is 20.3. The zero-order valence-corrected chi connectivity index (χ0v) is 16.8. The molecule has 0 N–H and O–H groups in total. The summed E-state index contributed by atoms with van der Waals surface area (Å²) in [6.45, 7) is 2.29. The molecule has 0 saturated heterocycles. The Morgan fingerprint density at radius 3 is 2.29 bits per heavy atom. The highest BCUT2D eigenvalue weighted by Crippen LogP contribution is 2.40. The molecule has 7 nitrogen and oxygen atoms in total. The van der Waals surface area contributed by atoms with Crippen LogP contribution in [-0.4, -0.2) is 59.9 Å². The van der Waals surface area contributed by atoms with E-state index >= 15 is 0 Å². The molecule has 0 fully saturated rings. The third-order valence-electron chi connectivity index (χ3n) is 4.70. The van der Waals surface area contributed by atoms with Gasteiger partial charge < -0.3 is 14.0 Å². The van der Waals surface area contributed by atoms with Gasteiger partial charge in [-0.15, -0.1) is 0 Å². The summed E-state index contributed by atoms with van der Waals surface area (Å²) in [6.07, 6.45) is 4.89. The first-order valence-electron chi connectivity index (χ1n) is 8.53. The standard InChI is InChI=1S/C18H21F2N3O4S/c1-5-22-12-10-21(28(4)25)7-6-11(12)9-23(18(22)24)17-15(19)13(26-2)8-14(27-3)16(17)20/h6-8H,5,9-10H2,1-4H3. The van der Waals surface area contributed by atoms with Crippen molar-refractivity contribution < 1.29 is 27.6 Å². The number of anilines is 1. The molecule has 2 aliphatic rings. The number of urea groups is 1. The molecule has 1 unspecified atom stereocenters. The Labute approximate surface area is 165 Å². The monoisotopic (exact) mass is 413 g/mol. The third-order valence-corrected chi connectivity index (χ3v) is 5.61. The molecule has 1 aromatic carbocycles. The zero-order chi connectivity index (χ0) is 20.6. The number of rotatable bonds is 5. The van der Waals surface area contributed by atoms with Crippen LogP contribution in [0, 0.1) is 11.6 Å². The van der Waals surface area contributed by atoms with E-state index in [0.29, 0.717) is 11.3 Å². The van der Waals surface area contributed by atoms with Crippen LogP contribution in [0.3, 0.4) is 0 Å². The summed E-state index contributed by atoms with van der Waals surface area (Å²) in [5, 5.41) is 0. The number of carbonyl (C=O) groups is 1. The fourth-order valence-electron chi connectivity index (χ4n) is 3.26. The maximum absolute atomic E-state index is 14.9. The molecular weight excluding hydrogens is 392 g/mol. The fourth-order valence-corrected chi connectivity index (χ4v) is 3.80. The minimum absolute atomic E-state index is 0.0322. The summed E-state index contributed by atoms with van der Waals surface area (Å²) in [6, 6.07) is 0.520. The molecule has 0 saturated carbocycles. The number of likely N-dealkylation sites (N-methyl/N-ethyl adjacent to an activating group) is 1. The molecule has 0 aliphatic carbocycles. The van der Waals surface area contributed by atoms with E-state index in [2.05, 4.69) is 0 Å². The number of ether oxygens (including phenoxy) is 2. The molecule has 0 spiro atoms. The van der Waals surface area contributed by atoms with Gasteiger partial charge in [-0.25, -0.2) is 13.6 Å². The van der Waals surface area contributed by atoms with Gasteiger partial charge in [0.25, 0.3) is 0 Å². The highest BCUT2D eigenvalue weighted by Gasteiger charge is 2.38. The molecule has 2 amide bonds. The molecule has 1 atom stereocenters. The van der Waals surface area contributed by atoms with Crippen molar-refractivity contribution in [1.29, 1.82) is 0 Å². The van der Waals surface area contributed by atoms with Crippen LogP contribution in [0.4, 0.5) is 19.3 Å². The summed E-state index contributed by atoms with van der Waals surface area (Å²) in [5.74, 6) is -2.41. The largest absolute Gasteiger partial charge is 0.593 e. The quantitative estimate of drug-likeness (QED) is 0.695. The summed E-state index contributed by atoms with van der Waals surface area (Å²) < 4.78 is 53.1. The fraction of sp³-hybridized carbons (Fsp3) is 0.389. The van der Waals surface area contributed by atoms with Crippen LogP contribution >= 0.6 is 0 Å². The van der Waals surface area contributed by atoms with Crippen LogP contribution < -0.4 is 14.4 Å². The van der Waals surface area contributed by atoms with Crippen LogP contribution in [0.1, 0.15) is 6.92 Å². The van der Waals surface area contributed by atoms with Crippen molar-refractivity contribution in [3.05, 3.63) is 41.2 Å². The maximum Gasteiger partial charge on any atom is 0.329 e. The smallest absolute Gasteiger partial charge is 0.329 e. The maximum atomic E-state index is 14.9. The summed E-state index contributed by atoms with van der Waals surface area (Å²) >= 11 is -1.25.